The first-order chi connectivity index (χ1) is 16.0. The molecule has 0 aliphatic heterocycles. The van der Waals surface area contributed by atoms with Gasteiger partial charge in [-0.2, -0.15) is 0 Å². The van der Waals surface area contributed by atoms with Crippen LogP contribution in [0, 0.1) is 23.4 Å². The Morgan fingerprint density at radius 2 is 1.61 bits per heavy atom. The van der Waals surface area contributed by atoms with Gasteiger partial charge in [0.25, 0.3) is 5.91 Å². The number of imidazole rings is 1. The molecule has 1 saturated carbocycles. The maximum absolute atomic E-state index is 13.9. The van der Waals surface area contributed by atoms with Gasteiger partial charge in [0.15, 0.2) is 17.5 Å². The first kappa shape index (κ1) is 21.2. The Morgan fingerprint density at radius 1 is 0.939 bits per heavy atom. The molecule has 1 aromatic heterocycles. The van der Waals surface area contributed by atoms with Crippen molar-refractivity contribution in [3.8, 4) is 0 Å². The van der Waals surface area contributed by atoms with Crippen molar-refractivity contribution in [1.82, 2.24) is 14.5 Å². The third-order valence-corrected chi connectivity index (χ3v) is 5.94. The van der Waals surface area contributed by atoms with E-state index in [-0.39, 0.29) is 18.7 Å². The van der Waals surface area contributed by atoms with Gasteiger partial charge < -0.3 is 9.47 Å². The van der Waals surface area contributed by atoms with E-state index in [9.17, 15) is 18.0 Å². The van der Waals surface area contributed by atoms with Gasteiger partial charge in [0.05, 0.1) is 17.6 Å². The van der Waals surface area contributed by atoms with Crippen LogP contribution in [-0.2, 0) is 19.6 Å². The van der Waals surface area contributed by atoms with Crippen molar-refractivity contribution in [3.05, 3.63) is 101 Å². The molecule has 0 spiro atoms. The summed E-state index contributed by atoms with van der Waals surface area (Å²) in [6, 6.07) is 18.6. The zero-order chi connectivity index (χ0) is 22.9. The van der Waals surface area contributed by atoms with Gasteiger partial charge in [-0.25, -0.2) is 18.2 Å². The van der Waals surface area contributed by atoms with E-state index in [1.165, 1.54) is 4.90 Å². The molecule has 0 atom stereocenters. The first-order valence-corrected chi connectivity index (χ1v) is 10.9. The molecule has 0 N–H and O–H groups in total. The average molecular weight is 449 g/mol. The van der Waals surface area contributed by atoms with Crippen molar-refractivity contribution in [2.24, 2.45) is 5.92 Å². The van der Waals surface area contributed by atoms with Crippen LogP contribution in [0.4, 0.5) is 13.2 Å². The number of halogens is 3. The highest BCUT2D eigenvalue weighted by atomic mass is 19.2. The number of fused-ring (bicyclic) bond motifs is 1. The van der Waals surface area contributed by atoms with Gasteiger partial charge in [-0.3, -0.25) is 4.79 Å². The lowest BCUT2D eigenvalue weighted by molar-refractivity contribution is 0.0722. The number of nitrogens with zero attached hydrogens (tertiary/aromatic N) is 3. The maximum Gasteiger partial charge on any atom is 0.254 e. The second-order valence-corrected chi connectivity index (χ2v) is 8.47. The lowest BCUT2D eigenvalue weighted by Gasteiger charge is -2.23. The summed E-state index contributed by atoms with van der Waals surface area (Å²) in [6.45, 7) is 1.17. The van der Waals surface area contributed by atoms with E-state index in [0.717, 1.165) is 48.1 Å². The van der Waals surface area contributed by atoms with E-state index in [4.69, 9.17) is 4.98 Å². The number of carbonyl (C=O) groups is 1. The molecule has 1 aliphatic rings. The normalized spacial score (nSPS) is 13.4. The van der Waals surface area contributed by atoms with Crippen molar-refractivity contribution in [2.45, 2.75) is 32.5 Å². The zero-order valence-electron chi connectivity index (χ0n) is 17.8. The second-order valence-electron chi connectivity index (χ2n) is 8.47. The third kappa shape index (κ3) is 4.49. The predicted octanol–water partition coefficient (Wildman–Crippen LogP) is 5.71. The SMILES string of the molecule is O=C(c1cc(F)c(F)c(F)c1)N(Cc1ccccc1)Cc1nc2ccccc2n1CC1CC1. The molecule has 3 aromatic carbocycles. The standard InChI is InChI=1S/C26H22F3N3O/c27-20-12-19(13-21(28)25(20)29)26(33)31(14-17-6-2-1-3-7-17)16-24-30-22-8-4-5-9-23(22)32(24)15-18-10-11-18/h1-9,12-13,18H,10-11,14-16H2. The molecule has 5 rings (SSSR count). The molecule has 4 aromatic rings. The van der Waals surface area contributed by atoms with Crippen LogP contribution in [0.2, 0.25) is 0 Å². The Balaban J connectivity index is 1.53. The van der Waals surface area contributed by atoms with Gasteiger partial charge in [0.2, 0.25) is 0 Å². The van der Waals surface area contributed by atoms with E-state index in [2.05, 4.69) is 4.57 Å². The van der Waals surface area contributed by atoms with Crippen LogP contribution >= 0.6 is 0 Å². The van der Waals surface area contributed by atoms with E-state index >= 15 is 0 Å². The van der Waals surface area contributed by atoms with E-state index in [1.807, 2.05) is 54.6 Å². The van der Waals surface area contributed by atoms with Gasteiger partial charge >= 0.3 is 0 Å². The van der Waals surface area contributed by atoms with E-state index < -0.39 is 23.4 Å². The predicted molar refractivity (Wildman–Crippen MR) is 119 cm³/mol. The van der Waals surface area contributed by atoms with E-state index in [1.54, 1.807) is 0 Å². The Kier molecular flexibility index (Phi) is 5.62. The van der Waals surface area contributed by atoms with Crippen molar-refractivity contribution in [3.63, 3.8) is 0 Å². The molecule has 0 radical (unpaired) electrons. The Morgan fingerprint density at radius 3 is 2.30 bits per heavy atom. The van der Waals surface area contributed by atoms with E-state index in [0.29, 0.717) is 11.7 Å². The Hall–Kier alpha value is -3.61. The number of rotatable bonds is 7. The van der Waals surface area contributed by atoms with Crippen molar-refractivity contribution < 1.29 is 18.0 Å². The summed E-state index contributed by atoms with van der Waals surface area (Å²) < 4.78 is 43.3. The highest BCUT2D eigenvalue weighted by Gasteiger charge is 2.26. The first-order valence-electron chi connectivity index (χ1n) is 10.9. The van der Waals surface area contributed by atoms with Crippen LogP contribution in [0.5, 0.6) is 0 Å². The molecule has 168 valence electrons. The highest BCUT2D eigenvalue weighted by Crippen LogP contribution is 2.33. The van der Waals surface area contributed by atoms with Crippen LogP contribution in [0.1, 0.15) is 34.6 Å². The van der Waals surface area contributed by atoms with Crippen LogP contribution in [-0.4, -0.2) is 20.4 Å². The third-order valence-electron chi connectivity index (χ3n) is 5.94. The average Bonchev–Trinajstić information content (AvgIpc) is 3.58. The van der Waals surface area contributed by atoms with Gasteiger partial charge in [0.1, 0.15) is 5.82 Å². The van der Waals surface area contributed by atoms with Gasteiger partial charge in [0, 0.05) is 18.7 Å². The number of hydrogen-bond acceptors (Lipinski definition) is 2. The maximum atomic E-state index is 13.9. The van der Waals surface area contributed by atoms with Crippen LogP contribution in [0.3, 0.4) is 0 Å². The van der Waals surface area contributed by atoms with Gasteiger partial charge in [-0.1, -0.05) is 42.5 Å². The number of benzene rings is 3. The molecular weight excluding hydrogens is 427 g/mol. The molecule has 1 heterocycles. The number of carbonyl (C=O) groups excluding carboxylic acids is 1. The molecule has 7 heteroatoms. The smallest absolute Gasteiger partial charge is 0.254 e. The minimum absolute atomic E-state index is 0.149. The summed E-state index contributed by atoms with van der Waals surface area (Å²) in [4.78, 5) is 19.6. The summed E-state index contributed by atoms with van der Waals surface area (Å²) in [5, 5.41) is 0. The summed E-state index contributed by atoms with van der Waals surface area (Å²) >= 11 is 0. The summed E-state index contributed by atoms with van der Waals surface area (Å²) in [6.07, 6.45) is 2.32. The summed E-state index contributed by atoms with van der Waals surface area (Å²) in [5.74, 6) is -3.68. The second kappa shape index (κ2) is 8.73. The van der Waals surface area contributed by atoms with Crippen molar-refractivity contribution in [1.29, 1.82) is 0 Å². The molecule has 1 fully saturated rings. The number of hydrogen-bond donors (Lipinski definition) is 0. The lowest BCUT2D eigenvalue weighted by atomic mass is 10.1. The highest BCUT2D eigenvalue weighted by molar-refractivity contribution is 5.94. The molecule has 0 unspecified atom stereocenters. The van der Waals surface area contributed by atoms with Gasteiger partial charge in [-0.05, 0) is 48.6 Å². The van der Waals surface area contributed by atoms with Gasteiger partial charge in [-0.15, -0.1) is 0 Å². The minimum atomic E-state index is -1.59. The van der Waals surface area contributed by atoms with Crippen molar-refractivity contribution in [2.75, 3.05) is 0 Å². The Bertz CT molecular complexity index is 1290. The monoisotopic (exact) mass is 449 g/mol. The molecule has 4 nitrogen and oxygen atoms in total. The summed E-state index contributed by atoms with van der Waals surface area (Å²) in [7, 11) is 0. The molecule has 1 aliphatic carbocycles. The molecule has 0 bridgehead atoms. The zero-order valence-corrected chi connectivity index (χ0v) is 17.8. The summed E-state index contributed by atoms with van der Waals surface area (Å²) in [5.41, 5.74) is 2.44. The number of aromatic nitrogens is 2. The van der Waals surface area contributed by atoms with Crippen LogP contribution in [0.15, 0.2) is 66.7 Å². The minimum Gasteiger partial charge on any atom is -0.327 e. The fourth-order valence-electron chi connectivity index (χ4n) is 4.04. The molecule has 1 amide bonds. The quantitative estimate of drug-likeness (QED) is 0.339. The fourth-order valence-corrected chi connectivity index (χ4v) is 4.04. The van der Waals surface area contributed by atoms with Crippen LogP contribution in [0.25, 0.3) is 11.0 Å². The lowest BCUT2D eigenvalue weighted by Crippen LogP contribution is -2.31. The van der Waals surface area contributed by atoms with Crippen LogP contribution < -0.4 is 0 Å². The number of para-hydroxylation sites is 2. The fraction of sp³-hybridized carbons (Fsp3) is 0.231. The molecule has 0 saturated heterocycles. The Labute approximate surface area is 189 Å². The largest absolute Gasteiger partial charge is 0.327 e. The molecular formula is C26H22F3N3O. The molecule has 33 heavy (non-hydrogen) atoms. The number of amides is 1. The topological polar surface area (TPSA) is 38.1 Å². The van der Waals surface area contributed by atoms with Crippen molar-refractivity contribution >= 4 is 16.9 Å².